The molecule has 0 bridgehead atoms. The average Bonchev–Trinajstić information content (AvgIpc) is 2.92. The van der Waals surface area contributed by atoms with Crippen molar-refractivity contribution in [3.05, 3.63) is 0 Å². The number of hydrogen-bond donors (Lipinski definition) is 1. The summed E-state index contributed by atoms with van der Waals surface area (Å²) in [4.78, 5) is 28.7. The van der Waals surface area contributed by atoms with Gasteiger partial charge in [-0.3, -0.25) is 14.5 Å². The van der Waals surface area contributed by atoms with E-state index in [-0.39, 0.29) is 23.9 Å². The minimum atomic E-state index is -0.220. The maximum atomic E-state index is 12.6. The monoisotopic (exact) mass is 265 g/mol. The van der Waals surface area contributed by atoms with Crippen LogP contribution in [0.4, 0.5) is 0 Å². The molecule has 1 saturated carbocycles. The Morgan fingerprint density at radius 1 is 1.00 bits per heavy atom. The van der Waals surface area contributed by atoms with Crippen molar-refractivity contribution < 1.29 is 9.59 Å². The molecule has 2 amide bonds. The molecule has 2 unspecified atom stereocenters. The van der Waals surface area contributed by atoms with Gasteiger partial charge in [0.1, 0.15) is 6.04 Å². The number of rotatable bonds is 3. The Hall–Kier alpha value is -1.10. The van der Waals surface area contributed by atoms with Gasteiger partial charge >= 0.3 is 0 Å². The van der Waals surface area contributed by atoms with E-state index in [9.17, 15) is 9.59 Å². The van der Waals surface area contributed by atoms with Crippen LogP contribution >= 0.6 is 0 Å². The third kappa shape index (κ3) is 2.61. The first-order chi connectivity index (χ1) is 9.16. The number of likely N-dealkylation sites (N-methyl/N-ethyl adjacent to an activating group) is 1. The molecule has 0 spiro atoms. The molecule has 19 heavy (non-hydrogen) atoms. The maximum Gasteiger partial charge on any atom is 0.243 e. The van der Waals surface area contributed by atoms with Crippen molar-refractivity contribution in [2.45, 2.75) is 56.7 Å². The molecule has 0 aromatic rings. The van der Waals surface area contributed by atoms with Gasteiger partial charge in [-0.15, -0.1) is 0 Å². The predicted molar refractivity (Wildman–Crippen MR) is 71.6 cm³/mol. The molecule has 106 valence electrons. The van der Waals surface area contributed by atoms with Crippen LogP contribution in [0.3, 0.4) is 0 Å². The summed E-state index contributed by atoms with van der Waals surface area (Å²) in [6, 6.07) is 0.149. The topological polar surface area (TPSA) is 52.7 Å². The van der Waals surface area contributed by atoms with E-state index in [1.807, 2.05) is 11.9 Å². The molecule has 2 atom stereocenters. The second kappa shape index (κ2) is 5.12. The van der Waals surface area contributed by atoms with E-state index in [1.54, 1.807) is 0 Å². The van der Waals surface area contributed by atoms with Gasteiger partial charge in [0.05, 0.1) is 6.04 Å². The lowest BCUT2D eigenvalue weighted by atomic mass is 10.1. The molecule has 3 aliphatic rings. The number of carbonyl (C=O) groups is 2. The third-order valence-electron chi connectivity index (χ3n) is 4.57. The summed E-state index contributed by atoms with van der Waals surface area (Å²) in [5.74, 6) is 0.224. The zero-order chi connectivity index (χ0) is 13.4. The largest absolute Gasteiger partial charge is 0.352 e. The normalized spacial score (nSPS) is 31.7. The Morgan fingerprint density at radius 3 is 2.32 bits per heavy atom. The molecule has 5 nitrogen and oxygen atoms in total. The molecule has 0 radical (unpaired) electrons. The minimum Gasteiger partial charge on any atom is -0.352 e. The summed E-state index contributed by atoms with van der Waals surface area (Å²) in [6.45, 7) is 1.73. The number of nitrogens with one attached hydrogen (secondary N) is 1. The first kappa shape index (κ1) is 12.9. The molecule has 2 saturated heterocycles. The molecule has 3 rings (SSSR count). The molecule has 3 fully saturated rings. The number of nitrogens with zero attached hydrogens (tertiary/aromatic N) is 2. The van der Waals surface area contributed by atoms with Gasteiger partial charge in [0.2, 0.25) is 11.8 Å². The van der Waals surface area contributed by atoms with Crippen molar-refractivity contribution in [2.24, 2.45) is 0 Å². The molecule has 1 N–H and O–H groups in total. The first-order valence-electron chi connectivity index (χ1n) is 7.48. The average molecular weight is 265 g/mol. The number of amides is 2. The maximum absolute atomic E-state index is 12.6. The van der Waals surface area contributed by atoms with Crippen molar-refractivity contribution in [3.8, 4) is 0 Å². The quantitative estimate of drug-likeness (QED) is 0.801. The van der Waals surface area contributed by atoms with Crippen molar-refractivity contribution in [3.63, 3.8) is 0 Å². The van der Waals surface area contributed by atoms with Crippen LogP contribution in [0, 0.1) is 0 Å². The highest BCUT2D eigenvalue weighted by molar-refractivity contribution is 5.90. The van der Waals surface area contributed by atoms with Crippen LogP contribution in [0.2, 0.25) is 0 Å². The van der Waals surface area contributed by atoms with Gasteiger partial charge < -0.3 is 10.2 Å². The molecule has 1 aliphatic carbocycles. The molecule has 5 heteroatoms. The summed E-state index contributed by atoms with van der Waals surface area (Å²) in [5, 5.41) is 3.04. The molecule has 0 aromatic heterocycles. The van der Waals surface area contributed by atoms with Gasteiger partial charge in [0.25, 0.3) is 0 Å². The van der Waals surface area contributed by atoms with Crippen LogP contribution in [0.1, 0.15) is 38.5 Å². The molecule has 2 heterocycles. The van der Waals surface area contributed by atoms with Gasteiger partial charge in [0, 0.05) is 12.6 Å². The van der Waals surface area contributed by atoms with Crippen molar-refractivity contribution in [1.29, 1.82) is 0 Å². The van der Waals surface area contributed by atoms with Crippen LogP contribution < -0.4 is 5.32 Å². The van der Waals surface area contributed by atoms with Gasteiger partial charge in [0.15, 0.2) is 0 Å². The van der Waals surface area contributed by atoms with E-state index in [2.05, 4.69) is 10.2 Å². The van der Waals surface area contributed by atoms with E-state index in [4.69, 9.17) is 0 Å². The Bertz CT molecular complexity index is 381. The van der Waals surface area contributed by atoms with E-state index in [1.165, 1.54) is 0 Å². The van der Waals surface area contributed by atoms with Gasteiger partial charge in [-0.25, -0.2) is 0 Å². The second-order valence-corrected chi connectivity index (χ2v) is 6.11. The van der Waals surface area contributed by atoms with Crippen molar-refractivity contribution in [2.75, 3.05) is 20.1 Å². The fourth-order valence-electron chi connectivity index (χ4n) is 3.24. The Kier molecular flexibility index (Phi) is 3.48. The van der Waals surface area contributed by atoms with Gasteiger partial charge in [-0.1, -0.05) is 0 Å². The summed E-state index contributed by atoms with van der Waals surface area (Å²) in [5.41, 5.74) is 0. The summed E-state index contributed by atoms with van der Waals surface area (Å²) in [6.07, 6.45) is 5.98. The highest BCUT2D eigenvalue weighted by Gasteiger charge is 2.40. The lowest BCUT2D eigenvalue weighted by Crippen LogP contribution is -2.51. The summed E-state index contributed by atoms with van der Waals surface area (Å²) < 4.78 is 0. The Balaban J connectivity index is 1.64. The van der Waals surface area contributed by atoms with Crippen LogP contribution in [0.5, 0.6) is 0 Å². The highest BCUT2D eigenvalue weighted by atomic mass is 16.2. The Labute approximate surface area is 114 Å². The highest BCUT2D eigenvalue weighted by Crippen LogP contribution is 2.25. The predicted octanol–water partition coefficient (Wildman–Crippen LogP) is 0.350. The smallest absolute Gasteiger partial charge is 0.243 e. The molecule has 2 aliphatic heterocycles. The summed E-state index contributed by atoms with van der Waals surface area (Å²) in [7, 11) is 2.00. The number of likely N-dealkylation sites (tertiary alicyclic amines) is 2. The second-order valence-electron chi connectivity index (χ2n) is 6.11. The zero-order valence-corrected chi connectivity index (χ0v) is 11.6. The summed E-state index contributed by atoms with van der Waals surface area (Å²) >= 11 is 0. The minimum absolute atomic E-state index is 0.00525. The van der Waals surface area contributed by atoms with E-state index in [0.29, 0.717) is 6.04 Å². The number of hydrogen-bond acceptors (Lipinski definition) is 3. The van der Waals surface area contributed by atoms with Gasteiger partial charge in [-0.2, -0.15) is 0 Å². The SMILES string of the molecule is CN1CCCC1C(=O)N1CCCC1C(=O)NC1CC1. The van der Waals surface area contributed by atoms with Crippen molar-refractivity contribution in [1.82, 2.24) is 15.1 Å². The van der Waals surface area contributed by atoms with Crippen LogP contribution in [-0.4, -0.2) is 59.9 Å². The molecular weight excluding hydrogens is 242 g/mol. The van der Waals surface area contributed by atoms with Crippen LogP contribution in [-0.2, 0) is 9.59 Å². The first-order valence-corrected chi connectivity index (χ1v) is 7.48. The van der Waals surface area contributed by atoms with E-state index in [0.717, 1.165) is 51.6 Å². The molecular formula is C14H23N3O2. The Morgan fingerprint density at radius 2 is 1.68 bits per heavy atom. The van der Waals surface area contributed by atoms with E-state index < -0.39 is 0 Å². The van der Waals surface area contributed by atoms with E-state index >= 15 is 0 Å². The molecule has 0 aromatic carbocycles. The third-order valence-corrected chi connectivity index (χ3v) is 4.57. The van der Waals surface area contributed by atoms with Crippen LogP contribution in [0.15, 0.2) is 0 Å². The van der Waals surface area contributed by atoms with Gasteiger partial charge in [-0.05, 0) is 52.1 Å². The fourth-order valence-corrected chi connectivity index (χ4v) is 3.24. The zero-order valence-electron chi connectivity index (χ0n) is 11.6. The number of carbonyl (C=O) groups excluding carboxylic acids is 2. The van der Waals surface area contributed by atoms with Crippen LogP contribution in [0.25, 0.3) is 0 Å². The van der Waals surface area contributed by atoms with Crippen molar-refractivity contribution >= 4 is 11.8 Å². The lowest BCUT2D eigenvalue weighted by molar-refractivity contribution is -0.141. The lowest BCUT2D eigenvalue weighted by Gasteiger charge is -2.29. The standard InChI is InChI=1S/C14H23N3O2/c1-16-8-2-5-12(16)14(19)17-9-3-4-11(17)13(18)15-10-6-7-10/h10-12H,2-9H2,1H3,(H,15,18). The fraction of sp³-hybridized carbons (Fsp3) is 0.857.